The molecule has 0 saturated carbocycles. The van der Waals surface area contributed by atoms with Crippen molar-refractivity contribution in [1.29, 1.82) is 5.26 Å². The number of ether oxygens (including phenoxy) is 2. The number of carbonyl (C=O) groups is 1. The Hall–Kier alpha value is -3.97. The van der Waals surface area contributed by atoms with Gasteiger partial charge >= 0.3 is 0 Å². The van der Waals surface area contributed by atoms with Crippen LogP contribution < -0.4 is 15.8 Å². The molecule has 1 atom stereocenters. The summed E-state index contributed by atoms with van der Waals surface area (Å²) < 4.78 is 40.4. The fourth-order valence-electron chi connectivity index (χ4n) is 3.72. The molecule has 10 heteroatoms. The van der Waals surface area contributed by atoms with E-state index in [4.69, 9.17) is 15.2 Å². The van der Waals surface area contributed by atoms with Gasteiger partial charge in [0.15, 0.2) is 0 Å². The van der Waals surface area contributed by atoms with Crippen LogP contribution in [0.4, 0.5) is 14.6 Å². The zero-order valence-corrected chi connectivity index (χ0v) is 17.8. The molecule has 4 rings (SSSR count). The summed E-state index contributed by atoms with van der Waals surface area (Å²) in [4.78, 5) is 12.4. The first-order chi connectivity index (χ1) is 15.9. The topological polar surface area (TPSA) is 115 Å². The monoisotopic (exact) mass is 453 g/mol. The standard InChI is InChI=1S/C23H21F2N5O3/c1-32-20-5-4-15(24)9-17(20)23(31)28-11-14-3-2-13(8-19(14)25)21-18(10-26)22(27)30(29-21)16-6-7-33-12-16/h2-5,8-9,16H,6-7,11-12,27H2,1H3,(H,28,31). The van der Waals surface area contributed by atoms with Crippen LogP contribution in [-0.4, -0.2) is 36.0 Å². The largest absolute Gasteiger partial charge is 0.496 e. The molecule has 1 amide bonds. The number of anilines is 1. The number of nitrogens with zero attached hydrogens (tertiary/aromatic N) is 3. The number of nitrogens with two attached hydrogens (primary N) is 1. The van der Waals surface area contributed by atoms with Crippen molar-refractivity contribution in [3.63, 3.8) is 0 Å². The summed E-state index contributed by atoms with van der Waals surface area (Å²) in [6.45, 7) is 0.892. The molecular weight excluding hydrogens is 432 g/mol. The van der Waals surface area contributed by atoms with Crippen LogP contribution in [0.2, 0.25) is 0 Å². The number of amides is 1. The van der Waals surface area contributed by atoms with E-state index in [2.05, 4.69) is 10.4 Å². The Kier molecular flexibility index (Phi) is 6.24. The van der Waals surface area contributed by atoms with Crippen molar-refractivity contribution in [3.8, 4) is 23.1 Å². The molecule has 1 unspecified atom stereocenters. The van der Waals surface area contributed by atoms with Gasteiger partial charge in [-0.1, -0.05) is 12.1 Å². The average molecular weight is 453 g/mol. The minimum atomic E-state index is -0.605. The highest BCUT2D eigenvalue weighted by molar-refractivity contribution is 5.96. The Bertz CT molecular complexity index is 1250. The van der Waals surface area contributed by atoms with E-state index < -0.39 is 17.5 Å². The maximum absolute atomic E-state index is 14.8. The maximum atomic E-state index is 14.8. The Labute approximate surface area is 188 Å². The van der Waals surface area contributed by atoms with Crippen LogP contribution >= 0.6 is 0 Å². The lowest BCUT2D eigenvalue weighted by molar-refractivity contribution is 0.0947. The molecule has 1 saturated heterocycles. The third-order valence-corrected chi connectivity index (χ3v) is 5.48. The van der Waals surface area contributed by atoms with Gasteiger partial charge in [0.2, 0.25) is 0 Å². The van der Waals surface area contributed by atoms with Gasteiger partial charge in [0.1, 0.15) is 40.5 Å². The number of nitrogens with one attached hydrogen (secondary N) is 1. The van der Waals surface area contributed by atoms with Crippen LogP contribution in [0.3, 0.4) is 0 Å². The van der Waals surface area contributed by atoms with Gasteiger partial charge in [-0.05, 0) is 30.7 Å². The fourth-order valence-corrected chi connectivity index (χ4v) is 3.72. The normalized spacial score (nSPS) is 15.3. The summed E-state index contributed by atoms with van der Waals surface area (Å²) in [6.07, 6.45) is 0.722. The molecule has 1 aliphatic rings. The van der Waals surface area contributed by atoms with Crippen molar-refractivity contribution >= 4 is 11.7 Å². The Balaban J connectivity index is 1.55. The number of nitriles is 1. The quantitative estimate of drug-likeness (QED) is 0.592. The summed E-state index contributed by atoms with van der Waals surface area (Å²) in [7, 11) is 1.37. The molecule has 0 radical (unpaired) electrons. The molecule has 170 valence electrons. The second kappa shape index (κ2) is 9.26. The van der Waals surface area contributed by atoms with E-state index in [1.807, 2.05) is 6.07 Å². The highest BCUT2D eigenvalue weighted by atomic mass is 19.1. The molecule has 0 aliphatic carbocycles. The number of halogens is 2. The molecule has 3 N–H and O–H groups in total. The van der Waals surface area contributed by atoms with E-state index in [-0.39, 0.29) is 46.5 Å². The van der Waals surface area contributed by atoms with Gasteiger partial charge in [-0.25, -0.2) is 13.5 Å². The summed E-state index contributed by atoms with van der Waals surface area (Å²) in [6, 6.07) is 9.86. The Morgan fingerprint density at radius 3 is 2.85 bits per heavy atom. The summed E-state index contributed by atoms with van der Waals surface area (Å²) in [5.74, 6) is -1.38. The number of benzene rings is 2. The summed E-state index contributed by atoms with van der Waals surface area (Å²) in [5.41, 5.74) is 7.16. The van der Waals surface area contributed by atoms with Crippen molar-refractivity contribution in [2.75, 3.05) is 26.1 Å². The molecule has 1 aromatic heterocycles. The van der Waals surface area contributed by atoms with E-state index in [9.17, 15) is 18.8 Å². The van der Waals surface area contributed by atoms with E-state index in [0.29, 0.717) is 18.8 Å². The third-order valence-electron chi connectivity index (χ3n) is 5.48. The van der Waals surface area contributed by atoms with Crippen LogP contribution in [0.25, 0.3) is 11.3 Å². The van der Waals surface area contributed by atoms with Gasteiger partial charge in [-0.3, -0.25) is 4.79 Å². The molecule has 1 fully saturated rings. The van der Waals surface area contributed by atoms with Crippen LogP contribution in [0.15, 0.2) is 36.4 Å². The third kappa shape index (κ3) is 4.36. The van der Waals surface area contributed by atoms with Crippen molar-refractivity contribution in [3.05, 3.63) is 64.7 Å². The van der Waals surface area contributed by atoms with Crippen molar-refractivity contribution < 1.29 is 23.0 Å². The predicted octanol–water partition coefficient (Wildman–Crippen LogP) is 3.18. The first-order valence-electron chi connectivity index (χ1n) is 10.2. The van der Waals surface area contributed by atoms with Gasteiger partial charge in [0.25, 0.3) is 5.91 Å². The molecule has 8 nitrogen and oxygen atoms in total. The number of hydrogen-bond acceptors (Lipinski definition) is 6. The number of nitrogen functional groups attached to an aromatic ring is 1. The van der Waals surface area contributed by atoms with Crippen molar-refractivity contribution in [2.24, 2.45) is 0 Å². The van der Waals surface area contributed by atoms with Gasteiger partial charge in [-0.15, -0.1) is 0 Å². The zero-order valence-electron chi connectivity index (χ0n) is 17.8. The zero-order chi connectivity index (χ0) is 23.5. The van der Waals surface area contributed by atoms with Crippen LogP contribution in [0.1, 0.15) is 33.9 Å². The second-order valence-corrected chi connectivity index (χ2v) is 7.52. The SMILES string of the molecule is COc1ccc(F)cc1C(=O)NCc1ccc(-c2nn(C3CCOC3)c(N)c2C#N)cc1F. The van der Waals surface area contributed by atoms with Crippen molar-refractivity contribution in [2.45, 2.75) is 19.0 Å². The predicted molar refractivity (Wildman–Crippen MR) is 115 cm³/mol. The van der Waals surface area contributed by atoms with Crippen LogP contribution in [0, 0.1) is 23.0 Å². The number of hydrogen-bond donors (Lipinski definition) is 2. The van der Waals surface area contributed by atoms with Crippen LogP contribution in [0.5, 0.6) is 5.75 Å². The highest BCUT2D eigenvalue weighted by Crippen LogP contribution is 2.32. The number of aromatic nitrogens is 2. The molecule has 2 heterocycles. The minimum Gasteiger partial charge on any atom is -0.496 e. The molecular formula is C23H21F2N5O3. The molecule has 2 aromatic carbocycles. The molecule has 0 spiro atoms. The lowest BCUT2D eigenvalue weighted by Crippen LogP contribution is -2.24. The first-order valence-corrected chi connectivity index (χ1v) is 10.2. The fraction of sp³-hybridized carbons (Fsp3) is 0.261. The molecule has 0 bridgehead atoms. The smallest absolute Gasteiger partial charge is 0.255 e. The molecule has 33 heavy (non-hydrogen) atoms. The average Bonchev–Trinajstić information content (AvgIpc) is 3.45. The number of methoxy groups -OCH3 is 1. The van der Waals surface area contributed by atoms with Gasteiger partial charge in [-0.2, -0.15) is 10.4 Å². The molecule has 3 aromatic rings. The summed E-state index contributed by atoms with van der Waals surface area (Å²) >= 11 is 0. The Morgan fingerprint density at radius 1 is 1.36 bits per heavy atom. The van der Waals surface area contributed by atoms with Crippen molar-refractivity contribution in [1.82, 2.24) is 15.1 Å². The van der Waals surface area contributed by atoms with E-state index in [0.717, 1.165) is 12.5 Å². The highest BCUT2D eigenvalue weighted by Gasteiger charge is 2.25. The van der Waals surface area contributed by atoms with Crippen LogP contribution in [-0.2, 0) is 11.3 Å². The van der Waals surface area contributed by atoms with Gasteiger partial charge in [0.05, 0.1) is 25.3 Å². The number of rotatable bonds is 6. The number of carbonyl (C=O) groups excluding carboxylic acids is 1. The van der Waals surface area contributed by atoms with E-state index in [1.165, 1.54) is 31.4 Å². The van der Waals surface area contributed by atoms with Gasteiger partial charge in [0, 0.05) is 24.3 Å². The summed E-state index contributed by atoms with van der Waals surface area (Å²) in [5, 5.41) is 16.6. The van der Waals surface area contributed by atoms with E-state index >= 15 is 0 Å². The lowest BCUT2D eigenvalue weighted by Gasteiger charge is -2.11. The maximum Gasteiger partial charge on any atom is 0.255 e. The Morgan fingerprint density at radius 2 is 2.18 bits per heavy atom. The van der Waals surface area contributed by atoms with E-state index in [1.54, 1.807) is 10.7 Å². The first kappa shape index (κ1) is 22.2. The lowest BCUT2D eigenvalue weighted by atomic mass is 10.1. The second-order valence-electron chi connectivity index (χ2n) is 7.52. The minimum absolute atomic E-state index is 0.00472. The van der Waals surface area contributed by atoms with Gasteiger partial charge < -0.3 is 20.5 Å². The molecule has 1 aliphatic heterocycles.